The minimum absolute atomic E-state index is 0.00259. The van der Waals surface area contributed by atoms with Crippen LogP contribution >= 0.6 is 0 Å². The highest BCUT2D eigenvalue weighted by atomic mass is 16.1. The van der Waals surface area contributed by atoms with Crippen molar-refractivity contribution >= 4 is 71.7 Å². The third kappa shape index (κ3) is 10.1. The molecule has 1 N–H and O–H groups in total. The first-order chi connectivity index (χ1) is 31.5. The lowest BCUT2D eigenvalue weighted by molar-refractivity contribution is -0.115. The van der Waals surface area contributed by atoms with Crippen molar-refractivity contribution in [2.24, 2.45) is 0 Å². The summed E-state index contributed by atoms with van der Waals surface area (Å²) in [5.74, 6) is 1.83. The summed E-state index contributed by atoms with van der Waals surface area (Å²) in [5.41, 5.74) is 5.43. The summed E-state index contributed by atoms with van der Waals surface area (Å²) in [7, 11) is 0. The monoisotopic (exact) mass is 851 g/mol. The van der Waals surface area contributed by atoms with E-state index in [0.29, 0.717) is 11.1 Å². The van der Waals surface area contributed by atoms with Crippen LogP contribution in [0.2, 0.25) is 0 Å². The standard InChI is InChI=1S/C59H70N4O/c1-6-10-14-22-34-62(35-23-15-11-7-2)54-32-30-47(49-38-43-26-18-20-28-45(43)40-51(49)54)56-58(53(42-60)61-5)57(59(56)64)48-31-33-55(52-41-46-29-21-19-27-44(46)39-50(48)52)63(36-24-16-12-8-3)37-25-17-13-9-4/h18-21,26-33,38-41,56,60H,6-17,22-25,34-37H2,1-4H3. The van der Waals surface area contributed by atoms with Gasteiger partial charge in [0.1, 0.15) is 0 Å². The van der Waals surface area contributed by atoms with Gasteiger partial charge in [-0.25, -0.2) is 4.85 Å². The van der Waals surface area contributed by atoms with Gasteiger partial charge in [-0.1, -0.05) is 165 Å². The van der Waals surface area contributed by atoms with Crippen LogP contribution in [0.1, 0.15) is 147 Å². The molecule has 0 aromatic heterocycles. The number of rotatable bonds is 25. The molecule has 0 spiro atoms. The molecular formula is C59H70N4O. The third-order valence-electron chi connectivity index (χ3n) is 13.7. The molecule has 1 atom stereocenters. The van der Waals surface area contributed by atoms with Crippen molar-refractivity contribution in [2.45, 2.75) is 136 Å². The average molecular weight is 851 g/mol. The summed E-state index contributed by atoms with van der Waals surface area (Å²) in [6, 6.07) is 34.9. The predicted molar refractivity (Wildman–Crippen MR) is 276 cm³/mol. The topological polar surface area (TPSA) is 51.8 Å². The molecule has 0 heterocycles. The number of hydrogen-bond acceptors (Lipinski definition) is 4. The molecule has 1 unspecified atom stereocenters. The molecule has 5 heteroatoms. The molecule has 0 radical (unpaired) electrons. The first-order valence-corrected chi connectivity index (χ1v) is 24.8. The molecule has 0 saturated carbocycles. The van der Waals surface area contributed by atoms with E-state index in [-0.39, 0.29) is 11.5 Å². The Kier molecular flexibility index (Phi) is 16.5. The Bertz CT molecular complexity index is 2670. The van der Waals surface area contributed by atoms with Crippen LogP contribution in [0, 0.1) is 12.0 Å². The van der Waals surface area contributed by atoms with Crippen LogP contribution in [0.3, 0.4) is 0 Å². The SMILES string of the molecule is [C-]#[N+]C(=C=N)C1=C(c2ccc(N(CCCCCC)CCCCCC)c3cc4ccccc4cc23)C(=O)C1c1ccc(N(CCCCCC)CCCCCC)c2cc3ccccc3cc12. The van der Waals surface area contributed by atoms with E-state index >= 15 is 4.79 Å². The molecule has 6 aromatic carbocycles. The van der Waals surface area contributed by atoms with E-state index in [1.165, 1.54) is 99.2 Å². The van der Waals surface area contributed by atoms with Gasteiger partial charge in [-0.15, -0.1) is 0 Å². The van der Waals surface area contributed by atoms with Gasteiger partial charge in [-0.3, -0.25) is 10.2 Å². The smallest absolute Gasteiger partial charge is 0.251 e. The summed E-state index contributed by atoms with van der Waals surface area (Å²) < 4.78 is 0. The fraction of sp³-hybridized carbons (Fsp3) is 0.424. The van der Waals surface area contributed by atoms with E-state index in [9.17, 15) is 0 Å². The summed E-state index contributed by atoms with van der Waals surface area (Å²) >= 11 is 0. The second kappa shape index (κ2) is 22.8. The minimum atomic E-state index is -0.680. The first kappa shape index (κ1) is 46.3. The predicted octanol–water partition coefficient (Wildman–Crippen LogP) is 16.4. The molecule has 0 bridgehead atoms. The second-order valence-electron chi connectivity index (χ2n) is 18.2. The van der Waals surface area contributed by atoms with Crippen molar-refractivity contribution in [3.63, 3.8) is 0 Å². The van der Waals surface area contributed by atoms with Gasteiger partial charge in [0.15, 0.2) is 5.78 Å². The molecule has 1 aliphatic carbocycles. The van der Waals surface area contributed by atoms with Gasteiger partial charge >= 0.3 is 0 Å². The fourth-order valence-corrected chi connectivity index (χ4v) is 10.2. The van der Waals surface area contributed by atoms with Crippen molar-refractivity contribution in [3.8, 4) is 0 Å². The third-order valence-corrected chi connectivity index (χ3v) is 13.7. The number of benzene rings is 6. The molecule has 0 amide bonds. The molecular weight excluding hydrogens is 781 g/mol. The molecule has 6 aromatic rings. The number of carbonyl (C=O) groups excluding carboxylic acids is 1. The van der Waals surface area contributed by atoms with Crippen LogP contribution in [0.25, 0.3) is 53.5 Å². The number of hydrogen-bond donors (Lipinski definition) is 1. The summed E-state index contributed by atoms with van der Waals surface area (Å²) in [6.07, 6.45) is 19.2. The Labute approximate surface area is 383 Å². The van der Waals surface area contributed by atoms with Gasteiger partial charge < -0.3 is 9.80 Å². The zero-order valence-corrected chi connectivity index (χ0v) is 39.2. The van der Waals surface area contributed by atoms with Crippen LogP contribution in [-0.2, 0) is 4.79 Å². The molecule has 0 fully saturated rings. The van der Waals surface area contributed by atoms with Crippen molar-refractivity contribution in [1.82, 2.24) is 0 Å². The molecule has 5 nitrogen and oxygen atoms in total. The van der Waals surface area contributed by atoms with Gasteiger partial charge in [0.2, 0.25) is 0 Å². The molecule has 64 heavy (non-hydrogen) atoms. The number of fused-ring (bicyclic) bond motifs is 4. The Balaban J connectivity index is 1.40. The van der Waals surface area contributed by atoms with E-state index in [1.807, 2.05) is 0 Å². The highest BCUT2D eigenvalue weighted by molar-refractivity contribution is 6.37. The van der Waals surface area contributed by atoms with Crippen LogP contribution in [-0.4, -0.2) is 37.8 Å². The van der Waals surface area contributed by atoms with E-state index in [4.69, 9.17) is 12.0 Å². The molecule has 332 valence electrons. The zero-order chi connectivity index (χ0) is 44.8. The van der Waals surface area contributed by atoms with Gasteiger partial charge in [-0.2, -0.15) is 0 Å². The van der Waals surface area contributed by atoms with Gasteiger partial charge in [0.05, 0.1) is 12.5 Å². The summed E-state index contributed by atoms with van der Waals surface area (Å²) in [5, 5.41) is 17.4. The number of unbranched alkanes of at least 4 members (excludes halogenated alkanes) is 12. The Morgan fingerprint density at radius 1 is 0.547 bits per heavy atom. The number of nitrogens with zero attached hydrogens (tertiary/aromatic N) is 3. The van der Waals surface area contributed by atoms with Crippen molar-refractivity contribution in [2.75, 3.05) is 36.0 Å². The first-order valence-electron chi connectivity index (χ1n) is 24.8. The quantitative estimate of drug-likeness (QED) is 0.0270. The van der Waals surface area contributed by atoms with Gasteiger partial charge in [-0.05, 0) is 117 Å². The van der Waals surface area contributed by atoms with Crippen LogP contribution in [0.5, 0.6) is 0 Å². The maximum absolute atomic E-state index is 15.3. The molecule has 0 aliphatic heterocycles. The lowest BCUT2D eigenvalue weighted by atomic mass is 9.67. The van der Waals surface area contributed by atoms with E-state index < -0.39 is 5.92 Å². The average Bonchev–Trinajstić information content (AvgIpc) is 3.32. The van der Waals surface area contributed by atoms with E-state index in [0.717, 1.165) is 95.3 Å². The Morgan fingerprint density at radius 3 is 1.38 bits per heavy atom. The maximum Gasteiger partial charge on any atom is 0.251 e. The fourth-order valence-electron chi connectivity index (χ4n) is 10.2. The van der Waals surface area contributed by atoms with Gasteiger partial charge in [0, 0.05) is 53.9 Å². The highest BCUT2D eigenvalue weighted by Gasteiger charge is 2.44. The number of carbonyl (C=O) groups is 1. The highest BCUT2D eigenvalue weighted by Crippen LogP contribution is 2.52. The molecule has 0 saturated heterocycles. The van der Waals surface area contributed by atoms with E-state index in [2.05, 4.69) is 145 Å². The Morgan fingerprint density at radius 2 is 0.953 bits per heavy atom. The minimum Gasteiger partial charge on any atom is -0.371 e. The number of Topliss-reactive ketones (excluding diaryl/α,β-unsaturated/α-hetero) is 1. The second-order valence-corrected chi connectivity index (χ2v) is 18.2. The van der Waals surface area contributed by atoms with Crippen LogP contribution < -0.4 is 9.80 Å². The van der Waals surface area contributed by atoms with E-state index in [1.54, 1.807) is 0 Å². The summed E-state index contributed by atoms with van der Waals surface area (Å²) in [6.45, 7) is 21.4. The molecule has 1 aliphatic rings. The van der Waals surface area contributed by atoms with Crippen LogP contribution in [0.4, 0.5) is 11.4 Å². The number of allylic oxidation sites excluding steroid dienone is 2. The lowest BCUT2D eigenvalue weighted by Crippen LogP contribution is -2.30. The number of anilines is 2. The number of ketones is 1. The number of nitrogens with one attached hydrogen (secondary N) is 1. The lowest BCUT2D eigenvalue weighted by Gasteiger charge is -2.35. The van der Waals surface area contributed by atoms with Crippen LogP contribution in [0.15, 0.2) is 108 Å². The normalized spacial score (nSPS) is 13.7. The summed E-state index contributed by atoms with van der Waals surface area (Å²) in [4.78, 5) is 24.4. The van der Waals surface area contributed by atoms with Crippen molar-refractivity contribution in [3.05, 3.63) is 131 Å². The zero-order valence-electron chi connectivity index (χ0n) is 39.2. The molecule has 7 rings (SSSR count). The van der Waals surface area contributed by atoms with Crippen molar-refractivity contribution < 1.29 is 4.79 Å². The largest absolute Gasteiger partial charge is 0.371 e. The maximum atomic E-state index is 15.3. The Hall–Kier alpha value is -5.69. The van der Waals surface area contributed by atoms with Crippen molar-refractivity contribution in [1.29, 1.82) is 5.41 Å². The van der Waals surface area contributed by atoms with Gasteiger partial charge in [0.25, 0.3) is 5.70 Å².